The molecule has 0 aliphatic heterocycles. The number of hydrogen-bond donors (Lipinski definition) is 1. The van der Waals surface area contributed by atoms with Crippen LogP contribution in [-0.2, 0) is 0 Å². The van der Waals surface area contributed by atoms with Gasteiger partial charge in [-0.3, -0.25) is 0 Å². The molecule has 0 radical (unpaired) electrons. The average Bonchev–Trinajstić information content (AvgIpc) is 2.39. The Kier molecular flexibility index (Phi) is 3.71. The van der Waals surface area contributed by atoms with Crippen LogP contribution in [-0.4, -0.2) is 0 Å². The third-order valence-electron chi connectivity index (χ3n) is 2.59. The Morgan fingerprint density at radius 2 is 1.47 bits per heavy atom. The Bertz CT molecular complexity index is 615. The van der Waals surface area contributed by atoms with E-state index in [-0.39, 0.29) is 5.69 Å². The lowest BCUT2D eigenvalue weighted by Crippen LogP contribution is -2.13. The third-order valence-corrected chi connectivity index (χ3v) is 2.59. The van der Waals surface area contributed by atoms with E-state index in [0.29, 0.717) is 0 Å². The molecule has 5 heteroatoms. The number of nitriles is 1. The van der Waals surface area contributed by atoms with Crippen molar-refractivity contribution in [3.63, 3.8) is 0 Å². The quantitative estimate of drug-likeness (QED) is 0.913. The summed E-state index contributed by atoms with van der Waals surface area (Å²) in [5.41, 5.74) is -0.412. The summed E-state index contributed by atoms with van der Waals surface area (Å²) in [6.45, 7) is 0. The van der Waals surface area contributed by atoms with Gasteiger partial charge >= 0.3 is 0 Å². The molecular weight excluding hydrogens is 253 g/mol. The number of para-hydroxylation sites is 1. The molecule has 2 aromatic rings. The highest BCUT2D eigenvalue weighted by Crippen LogP contribution is 2.25. The Hall–Kier alpha value is -2.48. The minimum absolute atomic E-state index is 0.0108. The molecule has 0 aromatic heterocycles. The zero-order chi connectivity index (χ0) is 13.8. The van der Waals surface area contributed by atoms with Crippen molar-refractivity contribution < 1.29 is 13.2 Å². The van der Waals surface area contributed by atoms with E-state index in [2.05, 4.69) is 5.32 Å². The van der Waals surface area contributed by atoms with Gasteiger partial charge in [-0.05, 0) is 24.3 Å². The van der Waals surface area contributed by atoms with E-state index in [9.17, 15) is 13.2 Å². The molecule has 0 amide bonds. The van der Waals surface area contributed by atoms with Crippen molar-refractivity contribution in [2.24, 2.45) is 0 Å². The topological polar surface area (TPSA) is 35.8 Å². The van der Waals surface area contributed by atoms with Crippen LogP contribution in [0.1, 0.15) is 11.6 Å². The molecule has 2 nitrogen and oxygen atoms in total. The molecule has 0 heterocycles. The van der Waals surface area contributed by atoms with E-state index in [1.165, 1.54) is 24.3 Å². The molecule has 0 bridgehead atoms. The van der Waals surface area contributed by atoms with Crippen molar-refractivity contribution >= 4 is 5.69 Å². The number of halogens is 3. The summed E-state index contributed by atoms with van der Waals surface area (Å²) < 4.78 is 40.6. The molecule has 96 valence electrons. The number of hydrogen-bond acceptors (Lipinski definition) is 2. The molecule has 0 fully saturated rings. The van der Waals surface area contributed by atoms with E-state index in [0.717, 1.165) is 12.1 Å². The molecule has 0 aliphatic carbocycles. The summed E-state index contributed by atoms with van der Waals surface area (Å²) in [5.74, 6) is -2.30. The average molecular weight is 262 g/mol. The lowest BCUT2D eigenvalue weighted by Gasteiger charge is -2.15. The van der Waals surface area contributed by atoms with Gasteiger partial charge in [0.05, 0.1) is 17.3 Å². The SMILES string of the molecule is N#CC(Nc1ccccc1F)c1c(F)cccc1F. The fourth-order valence-electron chi connectivity index (χ4n) is 1.69. The molecular formula is C14H9F3N2. The Morgan fingerprint density at radius 1 is 0.895 bits per heavy atom. The van der Waals surface area contributed by atoms with Gasteiger partial charge in [-0.2, -0.15) is 5.26 Å². The van der Waals surface area contributed by atoms with Gasteiger partial charge in [0.25, 0.3) is 0 Å². The summed E-state index contributed by atoms with van der Waals surface area (Å²) >= 11 is 0. The van der Waals surface area contributed by atoms with Crippen molar-refractivity contribution in [1.82, 2.24) is 0 Å². The van der Waals surface area contributed by atoms with Gasteiger partial charge in [0, 0.05) is 0 Å². The van der Waals surface area contributed by atoms with E-state index >= 15 is 0 Å². The van der Waals surface area contributed by atoms with Gasteiger partial charge in [0.1, 0.15) is 23.5 Å². The van der Waals surface area contributed by atoms with Crippen LogP contribution in [0, 0.1) is 28.8 Å². The maximum absolute atomic E-state index is 13.6. The first kappa shape index (κ1) is 13.0. The van der Waals surface area contributed by atoms with E-state index in [4.69, 9.17) is 5.26 Å². The minimum atomic E-state index is -1.31. The van der Waals surface area contributed by atoms with Crippen LogP contribution in [0.5, 0.6) is 0 Å². The molecule has 1 unspecified atom stereocenters. The van der Waals surface area contributed by atoms with Crippen LogP contribution < -0.4 is 5.32 Å². The fraction of sp³-hybridized carbons (Fsp3) is 0.0714. The fourth-order valence-corrected chi connectivity index (χ4v) is 1.69. The van der Waals surface area contributed by atoms with Crippen molar-refractivity contribution in [3.8, 4) is 6.07 Å². The maximum Gasteiger partial charge on any atom is 0.146 e. The van der Waals surface area contributed by atoms with Gasteiger partial charge in [-0.1, -0.05) is 18.2 Å². The highest BCUT2D eigenvalue weighted by Gasteiger charge is 2.20. The van der Waals surface area contributed by atoms with Crippen molar-refractivity contribution in [2.45, 2.75) is 6.04 Å². The second-order valence-corrected chi connectivity index (χ2v) is 3.82. The van der Waals surface area contributed by atoms with Gasteiger partial charge in [0.2, 0.25) is 0 Å². The predicted molar refractivity (Wildman–Crippen MR) is 64.7 cm³/mol. The molecule has 2 aromatic carbocycles. The van der Waals surface area contributed by atoms with E-state index < -0.39 is 29.1 Å². The van der Waals surface area contributed by atoms with Crippen LogP contribution in [0.2, 0.25) is 0 Å². The largest absolute Gasteiger partial charge is 0.364 e. The summed E-state index contributed by atoms with van der Waals surface area (Å²) in [4.78, 5) is 0. The molecule has 2 rings (SSSR count). The lowest BCUT2D eigenvalue weighted by atomic mass is 10.1. The van der Waals surface area contributed by atoms with Crippen LogP contribution >= 0.6 is 0 Å². The Labute approximate surface area is 108 Å². The smallest absolute Gasteiger partial charge is 0.146 e. The van der Waals surface area contributed by atoms with Crippen LogP contribution in [0.3, 0.4) is 0 Å². The maximum atomic E-state index is 13.6. The highest BCUT2D eigenvalue weighted by atomic mass is 19.1. The number of benzene rings is 2. The zero-order valence-electron chi connectivity index (χ0n) is 9.70. The van der Waals surface area contributed by atoms with Gasteiger partial charge in [-0.15, -0.1) is 0 Å². The summed E-state index contributed by atoms with van der Waals surface area (Å²) in [6.07, 6.45) is 0. The minimum Gasteiger partial charge on any atom is -0.364 e. The molecule has 19 heavy (non-hydrogen) atoms. The first-order valence-electron chi connectivity index (χ1n) is 5.48. The van der Waals surface area contributed by atoms with Gasteiger partial charge in [-0.25, -0.2) is 13.2 Å². The molecule has 1 N–H and O–H groups in total. The molecule has 0 saturated carbocycles. The number of rotatable bonds is 3. The number of nitrogens with zero attached hydrogens (tertiary/aromatic N) is 1. The second kappa shape index (κ2) is 5.44. The van der Waals surface area contributed by atoms with Crippen molar-refractivity contribution in [2.75, 3.05) is 5.32 Å². The Balaban J connectivity index is 2.37. The number of nitrogens with one attached hydrogen (secondary N) is 1. The number of anilines is 1. The van der Waals surface area contributed by atoms with Crippen LogP contribution in [0.15, 0.2) is 42.5 Å². The van der Waals surface area contributed by atoms with Crippen LogP contribution in [0.25, 0.3) is 0 Å². The van der Waals surface area contributed by atoms with Crippen molar-refractivity contribution in [3.05, 3.63) is 65.5 Å². The second-order valence-electron chi connectivity index (χ2n) is 3.82. The zero-order valence-corrected chi connectivity index (χ0v) is 9.70. The van der Waals surface area contributed by atoms with Crippen molar-refractivity contribution in [1.29, 1.82) is 5.26 Å². The predicted octanol–water partition coefficient (Wildman–Crippen LogP) is 3.78. The van der Waals surface area contributed by atoms with E-state index in [1.807, 2.05) is 0 Å². The Morgan fingerprint density at radius 3 is 2.05 bits per heavy atom. The summed E-state index contributed by atoms with van der Waals surface area (Å²) in [5, 5.41) is 11.5. The molecule has 0 spiro atoms. The highest BCUT2D eigenvalue weighted by molar-refractivity contribution is 5.48. The summed E-state index contributed by atoms with van der Waals surface area (Å²) in [7, 11) is 0. The third kappa shape index (κ3) is 2.68. The summed E-state index contributed by atoms with van der Waals surface area (Å²) in [6, 6.07) is 9.31. The van der Waals surface area contributed by atoms with Gasteiger partial charge in [0.15, 0.2) is 0 Å². The first-order chi connectivity index (χ1) is 9.13. The normalized spacial score (nSPS) is 11.7. The monoisotopic (exact) mass is 262 g/mol. The molecule has 1 atom stereocenters. The van der Waals surface area contributed by atoms with E-state index in [1.54, 1.807) is 12.1 Å². The molecule has 0 aliphatic rings. The van der Waals surface area contributed by atoms with Crippen LogP contribution in [0.4, 0.5) is 18.9 Å². The standard InChI is InChI=1S/C14H9F3N2/c15-9-4-1-2-7-12(9)19-13(8-18)14-10(16)5-3-6-11(14)17/h1-7,13,19H. The lowest BCUT2D eigenvalue weighted by molar-refractivity contribution is 0.551. The molecule has 0 saturated heterocycles. The first-order valence-corrected chi connectivity index (χ1v) is 5.48. The van der Waals surface area contributed by atoms with Gasteiger partial charge < -0.3 is 5.32 Å².